The Bertz CT molecular complexity index is 448. The highest BCUT2D eigenvalue weighted by molar-refractivity contribution is 5.17. The molecule has 0 spiro atoms. The van der Waals surface area contributed by atoms with Crippen LogP contribution in [0.2, 0.25) is 0 Å². The predicted octanol–water partition coefficient (Wildman–Crippen LogP) is 2.98. The maximum atomic E-state index is 13.3. The van der Waals surface area contributed by atoms with Crippen molar-refractivity contribution in [3.8, 4) is 0 Å². The number of fused-ring (bicyclic) bond motifs is 1. The SMILES string of the molecule is FC(F)(F)C12CCCN1[C@H](Cc1ccccc1)CO2. The molecule has 104 valence electrons. The first-order valence-electron chi connectivity index (χ1n) is 6.54. The van der Waals surface area contributed by atoms with Crippen molar-refractivity contribution in [3.05, 3.63) is 35.9 Å². The summed E-state index contributed by atoms with van der Waals surface area (Å²) in [5.74, 6) is 0. The zero-order valence-electron chi connectivity index (χ0n) is 10.5. The molecular weight excluding hydrogens is 255 g/mol. The van der Waals surface area contributed by atoms with Crippen molar-refractivity contribution in [3.63, 3.8) is 0 Å². The number of benzene rings is 1. The Morgan fingerprint density at radius 1 is 1.26 bits per heavy atom. The summed E-state index contributed by atoms with van der Waals surface area (Å²) in [5.41, 5.74) is -0.965. The van der Waals surface area contributed by atoms with Gasteiger partial charge in [-0.1, -0.05) is 30.3 Å². The normalized spacial score (nSPS) is 31.6. The van der Waals surface area contributed by atoms with Gasteiger partial charge in [0, 0.05) is 19.0 Å². The van der Waals surface area contributed by atoms with Crippen molar-refractivity contribution in [1.82, 2.24) is 4.90 Å². The molecule has 1 unspecified atom stereocenters. The molecule has 1 aromatic rings. The molecule has 2 saturated heterocycles. The van der Waals surface area contributed by atoms with Gasteiger partial charge in [0.05, 0.1) is 6.61 Å². The summed E-state index contributed by atoms with van der Waals surface area (Å²) in [5, 5.41) is 0. The zero-order valence-corrected chi connectivity index (χ0v) is 10.5. The molecule has 0 aliphatic carbocycles. The van der Waals surface area contributed by atoms with Gasteiger partial charge in [-0.15, -0.1) is 0 Å². The molecule has 0 aromatic heterocycles. The molecule has 2 nitrogen and oxygen atoms in total. The first-order chi connectivity index (χ1) is 9.03. The van der Waals surface area contributed by atoms with Crippen molar-refractivity contribution >= 4 is 0 Å². The molecular formula is C14H16F3NO. The van der Waals surface area contributed by atoms with E-state index in [4.69, 9.17) is 4.74 Å². The molecule has 2 atom stereocenters. The minimum Gasteiger partial charge on any atom is -0.350 e. The van der Waals surface area contributed by atoms with Gasteiger partial charge in [-0.05, 0) is 18.4 Å². The quantitative estimate of drug-likeness (QED) is 0.820. The average molecular weight is 271 g/mol. The van der Waals surface area contributed by atoms with Crippen LogP contribution in [0.5, 0.6) is 0 Å². The number of alkyl halides is 3. The number of ether oxygens (including phenoxy) is 1. The molecule has 0 saturated carbocycles. The number of hydrogen-bond acceptors (Lipinski definition) is 2. The molecule has 0 amide bonds. The first-order valence-corrected chi connectivity index (χ1v) is 6.54. The fourth-order valence-electron chi connectivity index (χ4n) is 3.21. The smallest absolute Gasteiger partial charge is 0.350 e. The number of halogens is 3. The van der Waals surface area contributed by atoms with E-state index in [2.05, 4.69) is 0 Å². The minimum atomic E-state index is -4.31. The van der Waals surface area contributed by atoms with Crippen molar-refractivity contribution < 1.29 is 17.9 Å². The van der Waals surface area contributed by atoms with Crippen LogP contribution in [0.3, 0.4) is 0 Å². The standard InChI is InChI=1S/C14H16F3NO/c15-14(16,17)13-7-4-8-18(13)12(10-19-13)9-11-5-2-1-3-6-11/h1-3,5-6,12H,4,7-10H2/t12-,13?/m1/s1. The number of hydrogen-bond donors (Lipinski definition) is 0. The van der Waals surface area contributed by atoms with E-state index in [1.807, 2.05) is 30.3 Å². The Morgan fingerprint density at radius 2 is 2.00 bits per heavy atom. The molecule has 0 N–H and O–H groups in total. The van der Waals surface area contributed by atoms with Crippen LogP contribution in [-0.2, 0) is 11.2 Å². The Morgan fingerprint density at radius 3 is 2.68 bits per heavy atom. The molecule has 2 fully saturated rings. The third-order valence-corrected chi connectivity index (χ3v) is 4.09. The molecule has 0 bridgehead atoms. The molecule has 1 aromatic carbocycles. The largest absolute Gasteiger partial charge is 0.431 e. The predicted molar refractivity (Wildman–Crippen MR) is 64.6 cm³/mol. The summed E-state index contributed by atoms with van der Waals surface area (Å²) in [4.78, 5) is 1.51. The lowest BCUT2D eigenvalue weighted by Crippen LogP contribution is -2.54. The Kier molecular flexibility index (Phi) is 3.06. The fraction of sp³-hybridized carbons (Fsp3) is 0.571. The fourth-order valence-corrected chi connectivity index (χ4v) is 3.21. The maximum absolute atomic E-state index is 13.3. The van der Waals surface area contributed by atoms with Crippen LogP contribution in [0.25, 0.3) is 0 Å². The lowest BCUT2D eigenvalue weighted by molar-refractivity contribution is -0.295. The van der Waals surface area contributed by atoms with Crippen LogP contribution in [-0.4, -0.2) is 36.0 Å². The van der Waals surface area contributed by atoms with Gasteiger partial charge >= 0.3 is 6.18 Å². The van der Waals surface area contributed by atoms with Crippen molar-refractivity contribution in [1.29, 1.82) is 0 Å². The molecule has 5 heteroatoms. The number of rotatable bonds is 2. The lowest BCUT2D eigenvalue weighted by atomic mass is 10.1. The second-order valence-corrected chi connectivity index (χ2v) is 5.23. The van der Waals surface area contributed by atoms with Crippen LogP contribution in [0, 0.1) is 0 Å². The van der Waals surface area contributed by atoms with E-state index >= 15 is 0 Å². The van der Waals surface area contributed by atoms with Crippen molar-refractivity contribution in [2.45, 2.75) is 37.2 Å². The highest BCUT2D eigenvalue weighted by Crippen LogP contribution is 2.48. The van der Waals surface area contributed by atoms with E-state index < -0.39 is 11.9 Å². The van der Waals surface area contributed by atoms with Crippen LogP contribution in [0.4, 0.5) is 13.2 Å². The number of nitrogens with zero attached hydrogens (tertiary/aromatic N) is 1. The Balaban J connectivity index is 1.80. The molecule has 0 radical (unpaired) electrons. The molecule has 2 aliphatic rings. The molecule has 2 heterocycles. The third kappa shape index (κ3) is 2.05. The van der Waals surface area contributed by atoms with Gasteiger partial charge in [-0.2, -0.15) is 13.2 Å². The van der Waals surface area contributed by atoms with E-state index in [-0.39, 0.29) is 19.1 Å². The summed E-state index contributed by atoms with van der Waals surface area (Å²) in [6.07, 6.45) is -3.10. The molecule has 2 aliphatic heterocycles. The minimum absolute atomic E-state index is 0.0573. The van der Waals surface area contributed by atoms with E-state index in [1.54, 1.807) is 0 Å². The van der Waals surface area contributed by atoms with Crippen LogP contribution >= 0.6 is 0 Å². The van der Waals surface area contributed by atoms with E-state index in [0.29, 0.717) is 19.4 Å². The summed E-state index contributed by atoms with van der Waals surface area (Å²) in [6, 6.07) is 9.45. The van der Waals surface area contributed by atoms with Crippen LogP contribution in [0.15, 0.2) is 30.3 Å². The summed E-state index contributed by atoms with van der Waals surface area (Å²) in [7, 11) is 0. The topological polar surface area (TPSA) is 12.5 Å². The van der Waals surface area contributed by atoms with Gasteiger partial charge in [-0.3, -0.25) is 4.90 Å². The average Bonchev–Trinajstić information content (AvgIpc) is 2.92. The van der Waals surface area contributed by atoms with Gasteiger partial charge in [0.1, 0.15) is 0 Å². The summed E-state index contributed by atoms with van der Waals surface area (Å²) >= 11 is 0. The van der Waals surface area contributed by atoms with Gasteiger partial charge < -0.3 is 4.74 Å². The van der Waals surface area contributed by atoms with Crippen molar-refractivity contribution in [2.24, 2.45) is 0 Å². The maximum Gasteiger partial charge on any atom is 0.431 e. The van der Waals surface area contributed by atoms with Gasteiger partial charge in [0.2, 0.25) is 5.72 Å². The highest BCUT2D eigenvalue weighted by Gasteiger charge is 2.66. The second-order valence-electron chi connectivity index (χ2n) is 5.23. The van der Waals surface area contributed by atoms with Gasteiger partial charge in [0.25, 0.3) is 0 Å². The van der Waals surface area contributed by atoms with E-state index in [9.17, 15) is 13.2 Å². The Hall–Kier alpha value is -1.07. The van der Waals surface area contributed by atoms with Crippen LogP contribution < -0.4 is 0 Å². The van der Waals surface area contributed by atoms with E-state index in [0.717, 1.165) is 5.56 Å². The monoisotopic (exact) mass is 271 g/mol. The summed E-state index contributed by atoms with van der Waals surface area (Å²) < 4.78 is 45.0. The van der Waals surface area contributed by atoms with E-state index in [1.165, 1.54) is 4.90 Å². The van der Waals surface area contributed by atoms with Gasteiger partial charge in [-0.25, -0.2) is 0 Å². The first kappa shape index (κ1) is 12.9. The van der Waals surface area contributed by atoms with Gasteiger partial charge in [0.15, 0.2) is 0 Å². The third-order valence-electron chi connectivity index (χ3n) is 4.09. The molecule has 19 heavy (non-hydrogen) atoms. The second kappa shape index (κ2) is 4.49. The van der Waals surface area contributed by atoms with Crippen LogP contribution in [0.1, 0.15) is 18.4 Å². The highest BCUT2D eigenvalue weighted by atomic mass is 19.4. The summed E-state index contributed by atoms with van der Waals surface area (Å²) in [6.45, 7) is 0.630. The molecule has 3 rings (SSSR count). The zero-order chi connectivity index (χ0) is 13.5. The lowest BCUT2D eigenvalue weighted by Gasteiger charge is -2.34. The van der Waals surface area contributed by atoms with Crippen molar-refractivity contribution in [2.75, 3.05) is 13.2 Å². The Labute approximate surface area is 110 Å².